The fourth-order valence-corrected chi connectivity index (χ4v) is 3.36. The average Bonchev–Trinajstić information content (AvgIpc) is 2.75. The van der Waals surface area contributed by atoms with Gasteiger partial charge in [0.15, 0.2) is 0 Å². The Morgan fingerprint density at radius 1 is 0.903 bits per heavy atom. The lowest BCUT2D eigenvalue weighted by Crippen LogP contribution is -2.58. The van der Waals surface area contributed by atoms with E-state index >= 15 is 0 Å². The van der Waals surface area contributed by atoms with Crippen LogP contribution >= 0.6 is 0 Å². The third kappa shape index (κ3) is 6.19. The molecule has 0 radical (unpaired) electrons. The van der Waals surface area contributed by atoms with Crippen molar-refractivity contribution >= 4 is 23.6 Å². The first-order chi connectivity index (χ1) is 14.6. The highest BCUT2D eigenvalue weighted by molar-refractivity contribution is 6.35. The Labute approximate surface area is 183 Å². The first kappa shape index (κ1) is 24.2. The summed E-state index contributed by atoms with van der Waals surface area (Å²) in [5, 5.41) is 5.41. The highest BCUT2D eigenvalue weighted by atomic mass is 16.5. The second-order valence-corrected chi connectivity index (χ2v) is 8.14. The van der Waals surface area contributed by atoms with Crippen LogP contribution in [0.3, 0.4) is 0 Å². The summed E-state index contributed by atoms with van der Waals surface area (Å²) in [6.45, 7) is 8.42. The third-order valence-electron chi connectivity index (χ3n) is 5.06. The Morgan fingerprint density at radius 2 is 1.48 bits per heavy atom. The number of rotatable bonds is 6. The summed E-state index contributed by atoms with van der Waals surface area (Å²) in [5.74, 6) is -1.53. The van der Waals surface area contributed by atoms with Crippen molar-refractivity contribution in [3.05, 3.63) is 29.8 Å². The minimum atomic E-state index is -0.719. The Bertz CT molecular complexity index is 816. The maximum atomic E-state index is 13.1. The van der Waals surface area contributed by atoms with Gasteiger partial charge in [-0.1, -0.05) is 26.0 Å². The molecule has 2 rings (SSSR count). The number of ether oxygens (including phenoxy) is 1. The number of piperazine rings is 1. The van der Waals surface area contributed by atoms with Gasteiger partial charge in [-0.2, -0.15) is 0 Å². The van der Waals surface area contributed by atoms with E-state index in [1.807, 2.05) is 13.8 Å². The zero-order valence-corrected chi connectivity index (χ0v) is 18.8. The van der Waals surface area contributed by atoms with Crippen molar-refractivity contribution in [1.29, 1.82) is 0 Å². The van der Waals surface area contributed by atoms with Gasteiger partial charge < -0.3 is 25.2 Å². The van der Waals surface area contributed by atoms with Crippen LogP contribution in [-0.4, -0.2) is 78.8 Å². The zero-order valence-electron chi connectivity index (χ0n) is 18.8. The van der Waals surface area contributed by atoms with Gasteiger partial charge in [-0.15, -0.1) is 0 Å². The number of benzene rings is 1. The van der Waals surface area contributed by atoms with Crippen LogP contribution in [0.5, 0.6) is 5.75 Å². The maximum Gasteiger partial charge on any atom is 0.312 e. The minimum Gasteiger partial charge on any atom is -0.496 e. The number of carbonyl (C=O) groups excluding carboxylic acids is 4. The zero-order chi connectivity index (χ0) is 23.1. The summed E-state index contributed by atoms with van der Waals surface area (Å²) in [6.07, 6.45) is 0. The summed E-state index contributed by atoms with van der Waals surface area (Å²) in [4.78, 5) is 53.1. The highest BCUT2D eigenvalue weighted by Crippen LogP contribution is 2.18. The van der Waals surface area contributed by atoms with Crippen LogP contribution in [0.25, 0.3) is 0 Å². The third-order valence-corrected chi connectivity index (χ3v) is 5.06. The van der Waals surface area contributed by atoms with Crippen molar-refractivity contribution in [3.63, 3.8) is 0 Å². The molecule has 0 saturated carbocycles. The second-order valence-electron chi connectivity index (χ2n) is 8.14. The fourth-order valence-electron chi connectivity index (χ4n) is 3.36. The number of nitrogens with one attached hydrogen (secondary N) is 2. The Balaban J connectivity index is 2.01. The SMILES string of the molecule is COc1ccccc1C(=O)NC(C(=O)N1CCN(C(=O)C(=O)NC(C)C)CC1)C(C)C. The van der Waals surface area contributed by atoms with Crippen LogP contribution in [0.15, 0.2) is 24.3 Å². The van der Waals surface area contributed by atoms with E-state index in [0.29, 0.717) is 24.4 Å². The molecule has 1 aliphatic rings. The lowest BCUT2D eigenvalue weighted by Gasteiger charge is -2.37. The van der Waals surface area contributed by atoms with Gasteiger partial charge in [0.1, 0.15) is 11.8 Å². The predicted octanol–water partition coefficient (Wildman–Crippen LogP) is 0.645. The van der Waals surface area contributed by atoms with Crippen molar-refractivity contribution in [2.75, 3.05) is 33.3 Å². The summed E-state index contributed by atoms with van der Waals surface area (Å²) in [6, 6.07) is 5.98. The van der Waals surface area contributed by atoms with Crippen LogP contribution in [0.4, 0.5) is 0 Å². The van der Waals surface area contributed by atoms with Crippen LogP contribution in [0.2, 0.25) is 0 Å². The molecule has 0 aliphatic carbocycles. The maximum absolute atomic E-state index is 13.1. The number of hydrogen-bond acceptors (Lipinski definition) is 5. The van der Waals surface area contributed by atoms with Gasteiger partial charge in [0.25, 0.3) is 5.91 Å². The molecule has 1 aromatic carbocycles. The Hall–Kier alpha value is -3.10. The molecule has 170 valence electrons. The van der Waals surface area contributed by atoms with Gasteiger partial charge in [0.05, 0.1) is 12.7 Å². The quantitative estimate of drug-likeness (QED) is 0.642. The van der Waals surface area contributed by atoms with Crippen molar-refractivity contribution in [2.45, 2.75) is 39.8 Å². The van der Waals surface area contributed by atoms with Gasteiger partial charge >= 0.3 is 11.8 Å². The smallest absolute Gasteiger partial charge is 0.312 e. The standard InChI is InChI=1S/C22H32N4O5/c1-14(2)18(24-19(27)16-8-6-7-9-17(16)31-5)21(29)25-10-12-26(13-11-25)22(30)20(28)23-15(3)4/h6-9,14-15,18H,10-13H2,1-5H3,(H,23,28)(H,24,27). The summed E-state index contributed by atoms with van der Waals surface area (Å²) < 4.78 is 5.24. The van der Waals surface area contributed by atoms with Gasteiger partial charge in [0, 0.05) is 32.2 Å². The molecule has 1 aromatic rings. The number of hydrogen-bond donors (Lipinski definition) is 2. The fraction of sp³-hybridized carbons (Fsp3) is 0.545. The lowest BCUT2D eigenvalue weighted by molar-refractivity contribution is -0.149. The highest BCUT2D eigenvalue weighted by Gasteiger charge is 2.33. The molecule has 1 saturated heterocycles. The molecule has 1 aliphatic heterocycles. The van der Waals surface area contributed by atoms with E-state index in [9.17, 15) is 19.2 Å². The van der Waals surface area contributed by atoms with Gasteiger partial charge in [-0.05, 0) is 31.9 Å². The first-order valence-electron chi connectivity index (χ1n) is 10.5. The van der Waals surface area contributed by atoms with E-state index < -0.39 is 17.9 Å². The largest absolute Gasteiger partial charge is 0.496 e. The molecule has 1 heterocycles. The number of carbonyl (C=O) groups is 4. The molecular weight excluding hydrogens is 400 g/mol. The molecular formula is C22H32N4O5. The predicted molar refractivity (Wildman–Crippen MR) is 116 cm³/mol. The molecule has 9 nitrogen and oxygen atoms in total. The molecule has 9 heteroatoms. The topological polar surface area (TPSA) is 108 Å². The van der Waals surface area contributed by atoms with Gasteiger partial charge in [0.2, 0.25) is 5.91 Å². The van der Waals surface area contributed by atoms with Gasteiger partial charge in [-0.25, -0.2) is 0 Å². The van der Waals surface area contributed by atoms with Crippen molar-refractivity contribution in [3.8, 4) is 5.75 Å². The monoisotopic (exact) mass is 432 g/mol. The molecule has 2 N–H and O–H groups in total. The molecule has 0 aromatic heterocycles. The molecule has 0 bridgehead atoms. The van der Waals surface area contributed by atoms with E-state index in [1.54, 1.807) is 43.0 Å². The molecule has 1 unspecified atom stereocenters. The van der Waals surface area contributed by atoms with Crippen LogP contribution in [0.1, 0.15) is 38.1 Å². The average molecular weight is 433 g/mol. The van der Waals surface area contributed by atoms with Gasteiger partial charge in [-0.3, -0.25) is 19.2 Å². The molecule has 1 fully saturated rings. The molecule has 0 spiro atoms. The van der Waals surface area contributed by atoms with Crippen LogP contribution in [-0.2, 0) is 14.4 Å². The second kappa shape index (κ2) is 10.8. The van der Waals surface area contributed by atoms with E-state index in [2.05, 4.69) is 10.6 Å². The number of nitrogens with zero attached hydrogens (tertiary/aromatic N) is 2. The van der Waals surface area contributed by atoms with Crippen LogP contribution in [0, 0.1) is 5.92 Å². The summed E-state index contributed by atoms with van der Waals surface area (Å²) in [7, 11) is 1.49. The number of para-hydroxylation sites is 1. The first-order valence-corrected chi connectivity index (χ1v) is 10.5. The number of methoxy groups -OCH3 is 1. The van der Waals surface area contributed by atoms with Crippen molar-refractivity contribution in [1.82, 2.24) is 20.4 Å². The van der Waals surface area contributed by atoms with E-state index in [0.717, 1.165) is 0 Å². The van der Waals surface area contributed by atoms with E-state index in [4.69, 9.17) is 4.74 Å². The van der Waals surface area contributed by atoms with E-state index in [-0.39, 0.29) is 36.9 Å². The van der Waals surface area contributed by atoms with Crippen molar-refractivity contribution in [2.24, 2.45) is 5.92 Å². The van der Waals surface area contributed by atoms with Crippen molar-refractivity contribution < 1.29 is 23.9 Å². The molecule has 31 heavy (non-hydrogen) atoms. The van der Waals surface area contributed by atoms with E-state index in [1.165, 1.54) is 12.0 Å². The Kier molecular flexibility index (Phi) is 8.41. The Morgan fingerprint density at radius 3 is 2.03 bits per heavy atom. The molecule has 1 atom stereocenters. The summed E-state index contributed by atoms with van der Waals surface area (Å²) >= 11 is 0. The molecule has 4 amide bonds. The van der Waals surface area contributed by atoms with Crippen LogP contribution < -0.4 is 15.4 Å². The minimum absolute atomic E-state index is 0.127. The normalized spacial score (nSPS) is 14.9. The lowest BCUT2D eigenvalue weighted by atomic mass is 10.0. The summed E-state index contributed by atoms with van der Waals surface area (Å²) in [5.41, 5.74) is 0.357. The number of amides is 4.